The molecule has 1 saturated heterocycles. The van der Waals surface area contributed by atoms with Crippen LogP contribution >= 0.6 is 11.6 Å². The van der Waals surface area contributed by atoms with Crippen LogP contribution in [0.4, 0.5) is 16.0 Å². The fourth-order valence-electron chi connectivity index (χ4n) is 6.00. The molecule has 0 unspecified atom stereocenters. The number of benzene rings is 1. The molecule has 11 heteroatoms. The highest BCUT2D eigenvalue weighted by molar-refractivity contribution is 6.35. The normalized spacial score (nSPS) is 20.3. The smallest absolute Gasteiger partial charge is 0.350 e. The predicted octanol–water partition coefficient (Wildman–Crippen LogP) is 5.74. The van der Waals surface area contributed by atoms with Crippen LogP contribution in [-0.4, -0.2) is 57.0 Å². The number of carbonyl (C=O) groups is 2. The number of piperazine rings is 1. The summed E-state index contributed by atoms with van der Waals surface area (Å²) in [4.78, 5) is 47.6. The minimum Gasteiger partial charge on any atom is -0.350 e. The van der Waals surface area contributed by atoms with E-state index in [-0.39, 0.29) is 46.1 Å². The van der Waals surface area contributed by atoms with Crippen molar-refractivity contribution in [3.63, 3.8) is 0 Å². The van der Waals surface area contributed by atoms with Gasteiger partial charge in [-0.1, -0.05) is 70.1 Å². The monoisotopic (exact) mass is 619 g/mol. The zero-order valence-corrected chi connectivity index (χ0v) is 26.1. The SMILES string of the molecule is C=CC(=O)N1CCN(c2nc(=O)n(-c3c(C(C)C)cccc3C(C)C)c3c2C=C(Cl)/C(=C2/C(=O)C=CC=C2F)N3O)[C@@H](C)C1. The highest BCUT2D eigenvalue weighted by atomic mass is 35.5. The number of carbonyl (C=O) groups excluding carboxylic acids is 2. The molecule has 2 aromatic rings. The van der Waals surface area contributed by atoms with Crippen LogP contribution in [0.15, 0.2) is 76.0 Å². The van der Waals surface area contributed by atoms with Crippen LogP contribution in [0.3, 0.4) is 0 Å². The minimum absolute atomic E-state index is 0.0143. The van der Waals surface area contributed by atoms with Crippen molar-refractivity contribution in [3.8, 4) is 5.69 Å². The van der Waals surface area contributed by atoms with Gasteiger partial charge in [-0.25, -0.2) is 18.8 Å². The number of anilines is 2. The number of hydroxylamine groups is 1. The molecular formula is C33H35ClFN5O4. The Hall–Kier alpha value is -4.28. The molecule has 230 valence electrons. The van der Waals surface area contributed by atoms with E-state index in [4.69, 9.17) is 11.6 Å². The van der Waals surface area contributed by atoms with Gasteiger partial charge in [0.15, 0.2) is 11.6 Å². The molecule has 0 radical (unpaired) electrons. The third-order valence-electron chi connectivity index (χ3n) is 8.16. The van der Waals surface area contributed by atoms with Crippen LogP contribution in [0.5, 0.6) is 0 Å². The number of nitrogens with zero attached hydrogens (tertiary/aromatic N) is 5. The second-order valence-electron chi connectivity index (χ2n) is 11.7. The molecule has 0 spiro atoms. The number of rotatable bonds is 5. The lowest BCUT2D eigenvalue weighted by Gasteiger charge is -2.42. The lowest BCUT2D eigenvalue weighted by atomic mass is 9.92. The van der Waals surface area contributed by atoms with Crippen LogP contribution in [0.2, 0.25) is 0 Å². The Morgan fingerprint density at radius 3 is 2.39 bits per heavy atom. The first-order valence-electron chi connectivity index (χ1n) is 14.5. The van der Waals surface area contributed by atoms with Crippen molar-refractivity contribution in [1.82, 2.24) is 14.5 Å². The van der Waals surface area contributed by atoms with E-state index in [2.05, 4.69) is 11.6 Å². The van der Waals surface area contributed by atoms with Crippen molar-refractivity contribution in [1.29, 1.82) is 0 Å². The Morgan fingerprint density at radius 1 is 1.16 bits per heavy atom. The maximum atomic E-state index is 15.2. The molecule has 1 atom stereocenters. The van der Waals surface area contributed by atoms with Crippen LogP contribution in [-0.2, 0) is 9.59 Å². The molecular weight excluding hydrogens is 585 g/mol. The molecule has 3 heterocycles. The molecule has 0 saturated carbocycles. The standard InChI is InChI=1S/C33H35ClFN5O4/c1-7-27(42)37-14-15-38(20(6)17-37)31-23-16-24(34)30(28-25(35)12-9-13-26(28)41)40(44)32(23)39(33(43)36-31)29-21(18(2)3)10-8-11-22(29)19(4)5/h7-13,16,18-20,44H,1,14-15,17H2,2-6H3/b30-28-/t20-/m0/s1. The summed E-state index contributed by atoms with van der Waals surface area (Å²) in [6.45, 7) is 14.5. The maximum absolute atomic E-state index is 15.2. The molecule has 1 amide bonds. The van der Waals surface area contributed by atoms with E-state index < -0.39 is 22.9 Å². The number of hydrogen-bond donors (Lipinski definition) is 1. The Kier molecular flexibility index (Phi) is 8.51. The number of aromatic nitrogens is 2. The summed E-state index contributed by atoms with van der Waals surface area (Å²) >= 11 is 6.74. The largest absolute Gasteiger partial charge is 0.355 e. The average Bonchev–Trinajstić information content (AvgIpc) is 2.97. The zero-order chi connectivity index (χ0) is 32.0. The quantitative estimate of drug-likeness (QED) is 0.426. The van der Waals surface area contributed by atoms with E-state index in [0.29, 0.717) is 35.9 Å². The van der Waals surface area contributed by atoms with Gasteiger partial charge in [-0.05, 0) is 54.2 Å². The fourth-order valence-corrected chi connectivity index (χ4v) is 6.29. The first-order chi connectivity index (χ1) is 20.9. The number of allylic oxidation sites excluding steroid dienone is 6. The third-order valence-corrected chi connectivity index (χ3v) is 8.45. The molecule has 44 heavy (non-hydrogen) atoms. The van der Waals surface area contributed by atoms with Gasteiger partial charge in [-0.15, -0.1) is 0 Å². The van der Waals surface area contributed by atoms with Gasteiger partial charge in [0.25, 0.3) is 0 Å². The summed E-state index contributed by atoms with van der Waals surface area (Å²) in [5, 5.41) is 12.5. The Bertz CT molecular complexity index is 1730. The van der Waals surface area contributed by atoms with Crippen molar-refractivity contribution < 1.29 is 19.2 Å². The molecule has 1 aliphatic carbocycles. The van der Waals surface area contributed by atoms with Crippen LogP contribution < -0.4 is 15.7 Å². The highest BCUT2D eigenvalue weighted by Crippen LogP contribution is 2.44. The van der Waals surface area contributed by atoms with Crippen molar-refractivity contribution in [2.75, 3.05) is 29.6 Å². The van der Waals surface area contributed by atoms with E-state index in [0.717, 1.165) is 17.2 Å². The van der Waals surface area contributed by atoms with Gasteiger partial charge >= 0.3 is 5.69 Å². The number of hydrogen-bond acceptors (Lipinski definition) is 7. The van der Waals surface area contributed by atoms with Crippen LogP contribution in [0.1, 0.15) is 63.1 Å². The van der Waals surface area contributed by atoms with Gasteiger partial charge in [0.05, 0.1) is 21.9 Å². The van der Waals surface area contributed by atoms with Gasteiger partial charge in [-0.2, -0.15) is 4.98 Å². The lowest BCUT2D eigenvalue weighted by Crippen LogP contribution is -2.54. The van der Waals surface area contributed by atoms with Crippen molar-refractivity contribution >= 4 is 41.0 Å². The van der Waals surface area contributed by atoms with Gasteiger partial charge in [0.2, 0.25) is 5.91 Å². The highest BCUT2D eigenvalue weighted by Gasteiger charge is 2.38. The summed E-state index contributed by atoms with van der Waals surface area (Å²) in [6, 6.07) is 5.49. The molecule has 1 aromatic heterocycles. The minimum atomic E-state index is -0.869. The summed E-state index contributed by atoms with van der Waals surface area (Å²) in [6.07, 6.45) is 6.34. The summed E-state index contributed by atoms with van der Waals surface area (Å²) in [5.41, 5.74) is 1.16. The first-order valence-corrected chi connectivity index (χ1v) is 14.9. The van der Waals surface area contributed by atoms with Crippen molar-refractivity contribution in [2.24, 2.45) is 0 Å². The summed E-state index contributed by atoms with van der Waals surface area (Å²) < 4.78 is 16.5. The summed E-state index contributed by atoms with van der Waals surface area (Å²) in [7, 11) is 0. The van der Waals surface area contributed by atoms with Crippen LogP contribution in [0, 0.1) is 0 Å². The van der Waals surface area contributed by atoms with Crippen LogP contribution in [0.25, 0.3) is 11.8 Å². The average molecular weight is 620 g/mol. The number of halogens is 2. The summed E-state index contributed by atoms with van der Waals surface area (Å²) in [5.74, 6) is -1.55. The topological polar surface area (TPSA) is 99.0 Å². The molecule has 1 aromatic carbocycles. The third kappa shape index (κ3) is 5.22. The van der Waals surface area contributed by atoms with E-state index in [9.17, 15) is 19.6 Å². The number of fused-ring (bicyclic) bond motifs is 1. The second-order valence-corrected chi connectivity index (χ2v) is 12.1. The molecule has 9 nitrogen and oxygen atoms in total. The second kappa shape index (κ2) is 12.0. The van der Waals surface area contributed by atoms with Gasteiger partial charge in [-0.3, -0.25) is 14.8 Å². The van der Waals surface area contributed by atoms with E-state index in [1.165, 1.54) is 28.9 Å². The number of para-hydroxylation sites is 1. The zero-order valence-electron chi connectivity index (χ0n) is 25.3. The predicted molar refractivity (Wildman–Crippen MR) is 170 cm³/mol. The molecule has 1 fully saturated rings. The molecule has 0 bridgehead atoms. The maximum Gasteiger partial charge on any atom is 0.355 e. The Balaban J connectivity index is 1.85. The molecule has 1 N–H and O–H groups in total. The number of amides is 1. The van der Waals surface area contributed by atoms with E-state index in [1.54, 1.807) is 4.90 Å². The molecule has 3 aliphatic rings. The van der Waals surface area contributed by atoms with Gasteiger partial charge in [0, 0.05) is 25.7 Å². The van der Waals surface area contributed by atoms with E-state index >= 15 is 4.39 Å². The Morgan fingerprint density at radius 2 is 1.82 bits per heavy atom. The Labute approximate surface area is 260 Å². The number of ketones is 1. The first kappa shape index (κ1) is 31.2. The van der Waals surface area contributed by atoms with Crippen molar-refractivity contribution in [3.05, 3.63) is 98.4 Å². The van der Waals surface area contributed by atoms with Gasteiger partial charge in [0.1, 0.15) is 17.3 Å². The molecule has 5 rings (SSSR count). The van der Waals surface area contributed by atoms with Crippen molar-refractivity contribution in [2.45, 2.75) is 52.5 Å². The van der Waals surface area contributed by atoms with E-state index in [1.807, 2.05) is 57.7 Å². The molecule has 2 aliphatic heterocycles. The lowest BCUT2D eigenvalue weighted by molar-refractivity contribution is -0.126. The fraction of sp³-hybridized carbons (Fsp3) is 0.333. The van der Waals surface area contributed by atoms with Gasteiger partial charge < -0.3 is 9.80 Å².